The lowest BCUT2D eigenvalue weighted by atomic mass is 10.1. The lowest BCUT2D eigenvalue weighted by molar-refractivity contribution is -0.121. The van der Waals surface area contributed by atoms with Crippen molar-refractivity contribution >= 4 is 11.8 Å². The van der Waals surface area contributed by atoms with Crippen LogP contribution in [0.4, 0.5) is 0 Å². The number of hydrogen-bond acceptors (Lipinski definition) is 5. The molecule has 2 aromatic carbocycles. The Bertz CT molecular complexity index is 777. The summed E-state index contributed by atoms with van der Waals surface area (Å²) in [5, 5.41) is 5.53. The summed E-state index contributed by atoms with van der Waals surface area (Å²) in [7, 11) is 4.46. The minimum atomic E-state index is -0.358. The third-order valence-corrected chi connectivity index (χ3v) is 3.92. The fraction of sp³-hybridized carbons (Fsp3) is 0.300. The van der Waals surface area contributed by atoms with Crippen LogP contribution in [0.5, 0.6) is 17.2 Å². The molecule has 0 aliphatic heterocycles. The highest BCUT2D eigenvalue weighted by Crippen LogP contribution is 2.34. The molecule has 0 saturated carbocycles. The number of ether oxygens (including phenoxy) is 3. The van der Waals surface area contributed by atoms with Crippen molar-refractivity contribution in [2.24, 2.45) is 0 Å². The van der Waals surface area contributed by atoms with Gasteiger partial charge in [0.15, 0.2) is 11.5 Å². The molecule has 0 fully saturated rings. The standard InChI is InChI=1S/C20H24N2O5/c1-25-16-12-18(27-3)17(26-2)11-15(16)20(24)21-10-9-19(23)22-13-14-7-5-4-6-8-14/h4-8,11-12H,9-10,13H2,1-3H3,(H,21,24)(H,22,23). The molecular formula is C20H24N2O5. The number of hydrogen-bond donors (Lipinski definition) is 2. The molecule has 0 heterocycles. The van der Waals surface area contributed by atoms with Crippen molar-refractivity contribution in [3.63, 3.8) is 0 Å². The fourth-order valence-electron chi connectivity index (χ4n) is 2.48. The van der Waals surface area contributed by atoms with Crippen LogP contribution < -0.4 is 24.8 Å². The van der Waals surface area contributed by atoms with Crippen molar-refractivity contribution in [3.05, 3.63) is 53.6 Å². The highest BCUT2D eigenvalue weighted by molar-refractivity contribution is 5.98. The van der Waals surface area contributed by atoms with Crippen molar-refractivity contribution in [2.75, 3.05) is 27.9 Å². The van der Waals surface area contributed by atoms with E-state index in [9.17, 15) is 9.59 Å². The molecule has 2 rings (SSSR count). The first-order chi connectivity index (χ1) is 13.1. The number of benzene rings is 2. The summed E-state index contributed by atoms with van der Waals surface area (Å²) in [5.41, 5.74) is 1.32. The molecule has 144 valence electrons. The Kier molecular flexibility index (Phi) is 7.49. The quantitative estimate of drug-likeness (QED) is 0.704. The first-order valence-corrected chi connectivity index (χ1v) is 8.47. The molecule has 0 saturated heterocycles. The van der Waals surface area contributed by atoms with E-state index in [1.54, 1.807) is 12.1 Å². The second-order valence-electron chi connectivity index (χ2n) is 5.68. The molecule has 0 aliphatic rings. The molecule has 27 heavy (non-hydrogen) atoms. The zero-order valence-electron chi connectivity index (χ0n) is 15.7. The van der Waals surface area contributed by atoms with Crippen LogP contribution in [0, 0.1) is 0 Å². The lowest BCUT2D eigenvalue weighted by Crippen LogP contribution is -2.30. The van der Waals surface area contributed by atoms with Crippen LogP contribution in [-0.2, 0) is 11.3 Å². The van der Waals surface area contributed by atoms with Crippen LogP contribution in [0.1, 0.15) is 22.3 Å². The van der Waals surface area contributed by atoms with Gasteiger partial charge in [0.1, 0.15) is 5.75 Å². The van der Waals surface area contributed by atoms with E-state index in [-0.39, 0.29) is 24.8 Å². The Hall–Kier alpha value is -3.22. The monoisotopic (exact) mass is 372 g/mol. The molecule has 0 atom stereocenters. The van der Waals surface area contributed by atoms with E-state index in [0.29, 0.717) is 29.4 Å². The van der Waals surface area contributed by atoms with E-state index in [1.165, 1.54) is 21.3 Å². The maximum absolute atomic E-state index is 12.4. The maximum atomic E-state index is 12.4. The molecule has 0 spiro atoms. The molecule has 0 bridgehead atoms. The third kappa shape index (κ3) is 5.64. The third-order valence-electron chi connectivity index (χ3n) is 3.92. The molecule has 0 radical (unpaired) electrons. The van der Waals surface area contributed by atoms with E-state index >= 15 is 0 Å². The molecule has 0 unspecified atom stereocenters. The largest absolute Gasteiger partial charge is 0.496 e. The van der Waals surface area contributed by atoms with Gasteiger partial charge in [-0.2, -0.15) is 0 Å². The summed E-state index contributed by atoms with van der Waals surface area (Å²) in [5.74, 6) is 0.746. The van der Waals surface area contributed by atoms with Crippen LogP contribution in [0.3, 0.4) is 0 Å². The zero-order chi connectivity index (χ0) is 19.6. The van der Waals surface area contributed by atoms with Gasteiger partial charge in [-0.05, 0) is 5.56 Å². The molecule has 0 aromatic heterocycles. The van der Waals surface area contributed by atoms with Gasteiger partial charge in [0.2, 0.25) is 5.91 Å². The predicted molar refractivity (Wildman–Crippen MR) is 101 cm³/mol. The zero-order valence-corrected chi connectivity index (χ0v) is 15.7. The summed E-state index contributed by atoms with van der Waals surface area (Å²) in [6, 6.07) is 12.7. The highest BCUT2D eigenvalue weighted by atomic mass is 16.5. The predicted octanol–water partition coefficient (Wildman–Crippen LogP) is 2.15. The van der Waals surface area contributed by atoms with Gasteiger partial charge in [-0.25, -0.2) is 0 Å². The minimum absolute atomic E-state index is 0.140. The van der Waals surface area contributed by atoms with Gasteiger partial charge in [0, 0.05) is 31.6 Å². The van der Waals surface area contributed by atoms with Crippen LogP contribution in [0.25, 0.3) is 0 Å². The second kappa shape index (κ2) is 10.1. The van der Waals surface area contributed by atoms with Crippen molar-refractivity contribution in [3.8, 4) is 17.2 Å². The summed E-state index contributed by atoms with van der Waals surface area (Å²) in [6.07, 6.45) is 0.175. The van der Waals surface area contributed by atoms with Crippen LogP contribution in [0.15, 0.2) is 42.5 Å². The Labute approximate surface area is 158 Å². The van der Waals surface area contributed by atoms with Gasteiger partial charge >= 0.3 is 0 Å². The molecule has 2 aromatic rings. The molecule has 2 amide bonds. The number of carbonyl (C=O) groups is 2. The summed E-state index contributed by atoms with van der Waals surface area (Å²) < 4.78 is 15.7. The first kappa shape index (κ1) is 20.1. The second-order valence-corrected chi connectivity index (χ2v) is 5.68. The number of nitrogens with one attached hydrogen (secondary N) is 2. The molecule has 7 heteroatoms. The summed E-state index contributed by atoms with van der Waals surface area (Å²) in [4.78, 5) is 24.4. The lowest BCUT2D eigenvalue weighted by Gasteiger charge is -2.14. The number of carbonyl (C=O) groups excluding carboxylic acids is 2. The summed E-state index contributed by atoms with van der Waals surface area (Å²) in [6.45, 7) is 0.661. The van der Waals surface area contributed by atoms with E-state index in [2.05, 4.69) is 10.6 Å². The number of amides is 2. The van der Waals surface area contributed by atoms with Crippen molar-refractivity contribution < 1.29 is 23.8 Å². The molecular weight excluding hydrogens is 348 g/mol. The Morgan fingerprint density at radius 1 is 0.852 bits per heavy atom. The molecule has 2 N–H and O–H groups in total. The van der Waals surface area contributed by atoms with Gasteiger partial charge < -0.3 is 24.8 Å². The molecule has 0 aliphatic carbocycles. The maximum Gasteiger partial charge on any atom is 0.255 e. The van der Waals surface area contributed by atoms with Crippen molar-refractivity contribution in [1.29, 1.82) is 0 Å². The van der Waals surface area contributed by atoms with Gasteiger partial charge in [-0.15, -0.1) is 0 Å². The topological polar surface area (TPSA) is 85.9 Å². The van der Waals surface area contributed by atoms with Crippen molar-refractivity contribution in [2.45, 2.75) is 13.0 Å². The Balaban J connectivity index is 1.88. The Morgan fingerprint density at radius 2 is 1.48 bits per heavy atom. The van der Waals surface area contributed by atoms with E-state index < -0.39 is 0 Å². The normalized spacial score (nSPS) is 10.0. The fourth-order valence-corrected chi connectivity index (χ4v) is 2.48. The van der Waals surface area contributed by atoms with Gasteiger partial charge in [0.25, 0.3) is 5.91 Å². The van der Waals surface area contributed by atoms with Crippen molar-refractivity contribution in [1.82, 2.24) is 10.6 Å². The van der Waals surface area contributed by atoms with Gasteiger partial charge in [0.05, 0.1) is 26.9 Å². The molecule has 7 nitrogen and oxygen atoms in total. The smallest absolute Gasteiger partial charge is 0.255 e. The van der Waals surface area contributed by atoms with Crippen LogP contribution in [-0.4, -0.2) is 39.7 Å². The SMILES string of the molecule is COc1cc(OC)c(C(=O)NCCC(=O)NCc2ccccc2)cc1OC. The average Bonchev–Trinajstić information content (AvgIpc) is 2.71. The highest BCUT2D eigenvalue weighted by Gasteiger charge is 2.17. The number of methoxy groups -OCH3 is 3. The van der Waals surface area contributed by atoms with E-state index in [0.717, 1.165) is 5.56 Å². The average molecular weight is 372 g/mol. The van der Waals surface area contributed by atoms with Crippen LogP contribution in [0.2, 0.25) is 0 Å². The number of rotatable bonds is 9. The first-order valence-electron chi connectivity index (χ1n) is 8.47. The van der Waals surface area contributed by atoms with Gasteiger partial charge in [-0.3, -0.25) is 9.59 Å². The Morgan fingerprint density at radius 3 is 2.11 bits per heavy atom. The van der Waals surface area contributed by atoms with Gasteiger partial charge in [-0.1, -0.05) is 30.3 Å². The minimum Gasteiger partial charge on any atom is -0.496 e. The van der Waals surface area contributed by atoms with E-state index in [1.807, 2.05) is 30.3 Å². The van der Waals surface area contributed by atoms with Crippen LogP contribution >= 0.6 is 0 Å². The summed E-state index contributed by atoms with van der Waals surface area (Å²) >= 11 is 0. The van der Waals surface area contributed by atoms with E-state index in [4.69, 9.17) is 14.2 Å².